The summed E-state index contributed by atoms with van der Waals surface area (Å²) in [5, 5.41) is 5.44. The predicted octanol–water partition coefficient (Wildman–Crippen LogP) is 1.22. The van der Waals surface area contributed by atoms with Gasteiger partial charge >= 0.3 is 6.03 Å². The van der Waals surface area contributed by atoms with E-state index >= 15 is 0 Å². The fourth-order valence-electron chi connectivity index (χ4n) is 4.16. The lowest BCUT2D eigenvalue weighted by molar-refractivity contribution is -0.678. The summed E-state index contributed by atoms with van der Waals surface area (Å²) in [6.45, 7) is 0.0321. The number of nitrogens with zero attached hydrogens (tertiary/aromatic N) is 1. The number of furan rings is 1. The van der Waals surface area contributed by atoms with Crippen molar-refractivity contribution in [3.05, 3.63) is 60.1 Å². The third kappa shape index (κ3) is 3.88. The second kappa shape index (κ2) is 8.08. The highest BCUT2D eigenvalue weighted by atomic mass is 16.3. The number of amides is 4. The van der Waals surface area contributed by atoms with E-state index in [0.29, 0.717) is 12.8 Å². The number of nitrogens with one attached hydrogen (secondary N) is 2. The summed E-state index contributed by atoms with van der Waals surface area (Å²) >= 11 is 0. The highest BCUT2D eigenvalue weighted by Gasteiger charge is 2.52. The molecule has 1 aromatic heterocycles. The van der Waals surface area contributed by atoms with Crippen LogP contribution in [0.3, 0.4) is 0 Å². The molecule has 29 heavy (non-hydrogen) atoms. The van der Waals surface area contributed by atoms with E-state index in [1.165, 1.54) is 0 Å². The van der Waals surface area contributed by atoms with Crippen LogP contribution in [0.5, 0.6) is 0 Å². The topological polar surface area (TPSA) is 108 Å². The molecule has 0 radical (unpaired) electrons. The molecule has 0 unspecified atom stereocenters. The van der Waals surface area contributed by atoms with Crippen LogP contribution in [0.1, 0.15) is 49.5 Å². The molecule has 1 aliphatic heterocycles. The Kier molecular flexibility index (Phi) is 5.35. The summed E-state index contributed by atoms with van der Waals surface area (Å²) in [5.41, 5.74) is 2.61. The molecule has 2 fully saturated rings. The van der Waals surface area contributed by atoms with Gasteiger partial charge < -0.3 is 15.1 Å². The van der Waals surface area contributed by atoms with Crippen molar-refractivity contribution in [1.29, 1.82) is 0 Å². The maximum absolute atomic E-state index is 12.8. The third-order valence-electron chi connectivity index (χ3n) is 5.65. The molecule has 4 N–H and O–H groups in total. The van der Waals surface area contributed by atoms with Crippen LogP contribution < -0.4 is 16.1 Å². The standard InChI is InChI=1S/C21H24N4O4/c26-17(24-25-19(27)21(23-20(25)28)11-5-2-6-12-21)14-22-18(16-10-7-13-29-16)15-8-3-1-4-9-15/h1,3-4,7-10,13,18,22H,2,5-6,11-12,14H2,(H,23,28)(H,24,26)/p+1/t18-/m0/s1. The van der Waals surface area contributed by atoms with Gasteiger partial charge in [0.15, 0.2) is 18.3 Å². The van der Waals surface area contributed by atoms with Crippen LogP contribution in [0, 0.1) is 0 Å². The zero-order valence-electron chi connectivity index (χ0n) is 16.1. The molecule has 2 aromatic rings. The normalized spacial score (nSPS) is 19.2. The Labute approximate surface area is 168 Å². The van der Waals surface area contributed by atoms with E-state index in [1.807, 2.05) is 41.7 Å². The van der Waals surface area contributed by atoms with Crippen molar-refractivity contribution in [3.8, 4) is 0 Å². The molecule has 1 aromatic carbocycles. The number of nitrogens with two attached hydrogens (primary N) is 1. The third-order valence-corrected chi connectivity index (χ3v) is 5.65. The smallest absolute Gasteiger partial charge is 0.344 e. The zero-order chi connectivity index (χ0) is 20.3. The monoisotopic (exact) mass is 397 g/mol. The van der Waals surface area contributed by atoms with Gasteiger partial charge in [-0.05, 0) is 25.0 Å². The van der Waals surface area contributed by atoms with Crippen LogP contribution in [-0.4, -0.2) is 34.9 Å². The molecule has 152 valence electrons. The Morgan fingerprint density at radius 2 is 1.90 bits per heavy atom. The largest absolute Gasteiger partial charge is 0.463 e. The van der Waals surface area contributed by atoms with Crippen LogP contribution in [-0.2, 0) is 9.59 Å². The van der Waals surface area contributed by atoms with E-state index in [9.17, 15) is 14.4 Å². The van der Waals surface area contributed by atoms with E-state index < -0.39 is 17.5 Å². The first kappa shape index (κ1) is 19.2. The Balaban J connectivity index is 1.40. The minimum Gasteiger partial charge on any atom is -0.463 e. The highest BCUT2D eigenvalue weighted by molar-refractivity contribution is 6.08. The van der Waals surface area contributed by atoms with Gasteiger partial charge in [-0.15, -0.1) is 0 Å². The number of carbonyl (C=O) groups is 3. The van der Waals surface area contributed by atoms with E-state index in [4.69, 9.17) is 4.42 Å². The minimum absolute atomic E-state index is 0.0321. The fraction of sp³-hybridized carbons (Fsp3) is 0.381. The average Bonchev–Trinajstić information content (AvgIpc) is 3.34. The van der Waals surface area contributed by atoms with Crippen LogP contribution in [0.2, 0.25) is 0 Å². The number of hydrazine groups is 1. The minimum atomic E-state index is -0.854. The Morgan fingerprint density at radius 1 is 1.14 bits per heavy atom. The molecule has 8 heteroatoms. The fourth-order valence-corrected chi connectivity index (χ4v) is 4.16. The first-order valence-corrected chi connectivity index (χ1v) is 9.97. The van der Waals surface area contributed by atoms with Crippen LogP contribution >= 0.6 is 0 Å². The molecule has 4 amide bonds. The quantitative estimate of drug-likeness (QED) is 0.637. The zero-order valence-corrected chi connectivity index (χ0v) is 16.1. The summed E-state index contributed by atoms with van der Waals surface area (Å²) < 4.78 is 5.53. The molecule has 1 atom stereocenters. The van der Waals surface area contributed by atoms with Gasteiger partial charge in [-0.1, -0.05) is 49.6 Å². The van der Waals surface area contributed by atoms with Crippen LogP contribution in [0.4, 0.5) is 4.79 Å². The van der Waals surface area contributed by atoms with Gasteiger partial charge in [-0.25, -0.2) is 4.79 Å². The summed E-state index contributed by atoms with van der Waals surface area (Å²) in [4.78, 5) is 37.6. The van der Waals surface area contributed by atoms with Crippen molar-refractivity contribution >= 4 is 17.8 Å². The summed E-state index contributed by atoms with van der Waals surface area (Å²) in [6, 6.07) is 12.6. The molecular formula is C21H25N4O4+. The number of urea groups is 1. The maximum atomic E-state index is 12.8. The van der Waals surface area contributed by atoms with Crippen LogP contribution in [0.15, 0.2) is 53.1 Å². The summed E-state index contributed by atoms with van der Waals surface area (Å²) in [7, 11) is 0. The van der Waals surface area contributed by atoms with Crippen molar-refractivity contribution in [2.75, 3.05) is 6.54 Å². The number of quaternary nitrogens is 1. The average molecular weight is 397 g/mol. The molecule has 4 rings (SSSR count). The van der Waals surface area contributed by atoms with Gasteiger partial charge in [0, 0.05) is 5.56 Å². The van der Waals surface area contributed by atoms with E-state index in [2.05, 4.69) is 10.7 Å². The van der Waals surface area contributed by atoms with Crippen molar-refractivity contribution < 1.29 is 24.1 Å². The van der Waals surface area contributed by atoms with Crippen molar-refractivity contribution in [2.45, 2.75) is 43.7 Å². The molecular weight excluding hydrogens is 372 g/mol. The van der Waals surface area contributed by atoms with Crippen LogP contribution in [0.25, 0.3) is 0 Å². The Morgan fingerprint density at radius 3 is 2.59 bits per heavy atom. The van der Waals surface area contributed by atoms with E-state index in [1.54, 1.807) is 12.3 Å². The van der Waals surface area contributed by atoms with Gasteiger partial charge in [0.05, 0.1) is 6.26 Å². The first-order valence-electron chi connectivity index (χ1n) is 9.97. The molecule has 1 aliphatic carbocycles. The highest BCUT2D eigenvalue weighted by Crippen LogP contribution is 2.32. The molecule has 1 saturated carbocycles. The van der Waals surface area contributed by atoms with Gasteiger partial charge in [0.1, 0.15) is 5.54 Å². The number of hydrogen-bond acceptors (Lipinski definition) is 4. The second-order valence-corrected chi connectivity index (χ2v) is 7.59. The van der Waals surface area contributed by atoms with Crippen molar-refractivity contribution in [1.82, 2.24) is 15.8 Å². The van der Waals surface area contributed by atoms with Gasteiger partial charge in [-0.2, -0.15) is 5.01 Å². The molecule has 0 bridgehead atoms. The second-order valence-electron chi connectivity index (χ2n) is 7.59. The molecule has 2 heterocycles. The summed E-state index contributed by atoms with van der Waals surface area (Å²) in [6.07, 6.45) is 5.66. The number of imide groups is 1. The van der Waals surface area contributed by atoms with E-state index in [0.717, 1.165) is 35.6 Å². The Hall–Kier alpha value is -3.13. The Bertz CT molecular complexity index is 875. The SMILES string of the molecule is O=C(C[NH2+][C@@H](c1ccccc1)c1ccco1)NN1C(=O)NC2(CCCCC2)C1=O. The number of hydrogen-bond donors (Lipinski definition) is 3. The summed E-state index contributed by atoms with van der Waals surface area (Å²) in [5.74, 6) is -0.0600. The van der Waals surface area contributed by atoms with Gasteiger partial charge in [0.2, 0.25) is 0 Å². The molecule has 1 saturated heterocycles. The van der Waals surface area contributed by atoms with Crippen molar-refractivity contribution in [3.63, 3.8) is 0 Å². The predicted molar refractivity (Wildman–Crippen MR) is 103 cm³/mol. The van der Waals surface area contributed by atoms with E-state index in [-0.39, 0.29) is 18.5 Å². The number of carbonyl (C=O) groups excluding carboxylic acids is 3. The lowest BCUT2D eigenvalue weighted by Gasteiger charge is -2.30. The van der Waals surface area contributed by atoms with Crippen molar-refractivity contribution in [2.24, 2.45) is 0 Å². The maximum Gasteiger partial charge on any atom is 0.344 e. The lowest BCUT2D eigenvalue weighted by Crippen LogP contribution is -2.88. The molecule has 2 aliphatic rings. The van der Waals surface area contributed by atoms with Gasteiger partial charge in [-0.3, -0.25) is 15.0 Å². The van der Waals surface area contributed by atoms with Gasteiger partial charge in [0.25, 0.3) is 11.8 Å². The first-order chi connectivity index (χ1) is 14.1. The number of benzene rings is 1. The lowest BCUT2D eigenvalue weighted by atomic mass is 9.82. The molecule has 1 spiro atoms. The molecule has 8 nitrogen and oxygen atoms in total. The number of rotatable bonds is 6.